The number of aryl methyl sites for hydroxylation is 4. The van der Waals surface area contributed by atoms with Crippen molar-refractivity contribution in [3.63, 3.8) is 0 Å². The number of nitrogens with one attached hydrogen (secondary N) is 3. The van der Waals surface area contributed by atoms with Gasteiger partial charge in [0.15, 0.2) is 23.1 Å². The van der Waals surface area contributed by atoms with E-state index in [1.165, 1.54) is 102 Å². The van der Waals surface area contributed by atoms with Crippen molar-refractivity contribution in [1.82, 2.24) is 14.7 Å². The van der Waals surface area contributed by atoms with E-state index in [2.05, 4.69) is 16.0 Å². The number of rotatable bonds is 37. The highest BCUT2D eigenvalue weighted by Crippen LogP contribution is 2.34. The first kappa shape index (κ1) is 106. The molecule has 15 aromatic carbocycles. The maximum Gasteiger partial charge on any atom is 0.343 e. The highest BCUT2D eigenvalue weighted by Gasteiger charge is 2.26. The Hall–Kier alpha value is -18.9. The summed E-state index contributed by atoms with van der Waals surface area (Å²) in [5.74, 6) is -5.31. The van der Waals surface area contributed by atoms with E-state index in [1.54, 1.807) is 171 Å². The summed E-state index contributed by atoms with van der Waals surface area (Å²) in [5.41, 5.74) is 17.8. The molecule has 15 rings (SSSR count). The molecule has 6 N–H and O–H groups in total. The van der Waals surface area contributed by atoms with Crippen LogP contribution in [0.1, 0.15) is 118 Å². The van der Waals surface area contributed by atoms with Crippen LogP contribution in [0, 0.1) is 33.5 Å². The van der Waals surface area contributed by atoms with Gasteiger partial charge in [0.1, 0.15) is 42.6 Å². The number of amides is 6. The molecule has 6 amide bonds. The number of carboxylic acids is 3. The molecule has 0 radical (unpaired) electrons. The number of esters is 3. The van der Waals surface area contributed by atoms with Gasteiger partial charge in [0.25, 0.3) is 17.7 Å². The maximum absolute atomic E-state index is 13.7. The van der Waals surface area contributed by atoms with E-state index in [9.17, 15) is 77.2 Å². The minimum atomic E-state index is -1.19. The van der Waals surface area contributed by atoms with E-state index in [0.29, 0.717) is 90.3 Å². The van der Waals surface area contributed by atoms with Crippen molar-refractivity contribution >= 4 is 88.3 Å². The molecule has 0 aromatic heterocycles. The fraction of sp³-hybridized carbons (Fsp3) is 0.143. The average Bonchev–Trinajstić information content (AvgIpc) is 0.839. The fourth-order valence-electron chi connectivity index (χ4n) is 15.6. The second kappa shape index (κ2) is 51.1. The Morgan fingerprint density at radius 1 is 0.277 bits per heavy atom. The minimum absolute atomic E-state index is 0.000685. The first-order chi connectivity index (χ1) is 71.3. The Labute approximate surface area is 853 Å². The van der Waals surface area contributed by atoms with Crippen molar-refractivity contribution < 1.29 is 110 Å². The monoisotopic (exact) mass is 1990 g/mol. The smallest absolute Gasteiger partial charge is 0.343 e. The lowest BCUT2D eigenvalue weighted by Gasteiger charge is -2.21. The molecule has 148 heavy (non-hydrogen) atoms. The molecule has 15 aromatic rings. The third-order valence-electron chi connectivity index (χ3n) is 23.4. The van der Waals surface area contributed by atoms with Crippen LogP contribution in [0.25, 0.3) is 33.4 Å². The van der Waals surface area contributed by atoms with Crippen LogP contribution in [0.3, 0.4) is 0 Å². The fourth-order valence-corrected chi connectivity index (χ4v) is 15.6. The zero-order valence-corrected chi connectivity index (χ0v) is 82.1. The van der Waals surface area contributed by atoms with E-state index in [4.69, 9.17) is 33.2 Å². The summed E-state index contributed by atoms with van der Waals surface area (Å²) in [6, 6.07) is 98.8. The van der Waals surface area contributed by atoms with Crippen molar-refractivity contribution in [3.05, 3.63) is 441 Å². The predicted molar refractivity (Wildman–Crippen MR) is 558 cm³/mol. The Morgan fingerprint density at radius 3 is 0.845 bits per heavy atom. The number of nitrogens with zero attached hydrogens (tertiary/aromatic N) is 3. The number of halogens is 1. The standard InChI is InChI=1S/C40H36N2O8.C40H36N2O7.C39H33FN2O7/c1-26-7-11-28(12-8-26)29-13-15-31(16-14-29)40(47)50-34-21-9-27(10-22-34)24-42(25-37(44)45)39(46)30-17-19-33(20-18-30)41-36(43)23-32-5-4-6-35(48-2)38(32)49-3;1-26-4-9-30(10-5-26)31-11-13-33(14-12-31)40(47)49-35-19-6-28(7-20-35)24-42(25-38(44)45)39(46)32-15-17-34(18-16-32)41-37(43)23-29-8-21-36(48-3)27(2)22-29;1-25-3-8-28(9-4-25)29-10-12-31(13-11-29)39(47)49-33-18-5-26(6-19-33)23-42(24-37(44)45)38(46)30-14-16-32(17-15-30)41-36(43)22-27-7-20-34(40)35(21-27)48-2/h4-22H,23-25H2,1-3H3,(H,41,43)(H,44,45);4-22H,23-25H2,1-3H3,(H,41,43)(H,44,45);3-21H,22-24H2,1-2H3,(H,41,43)(H,44,45). The van der Waals surface area contributed by atoms with E-state index in [1.807, 2.05) is 155 Å². The number of hydrogen-bond donors (Lipinski definition) is 6. The highest BCUT2D eigenvalue weighted by atomic mass is 19.1. The molecule has 0 aliphatic carbocycles. The molecule has 28 nitrogen and oxygen atoms in total. The summed E-state index contributed by atoms with van der Waals surface area (Å²) in [6.07, 6.45) is 0.175. The van der Waals surface area contributed by atoms with Crippen molar-refractivity contribution in [2.45, 2.75) is 66.6 Å². The van der Waals surface area contributed by atoms with Gasteiger partial charge in [0.05, 0.1) is 64.4 Å². The molecule has 0 saturated carbocycles. The molecule has 0 unspecified atom stereocenters. The number of aliphatic carboxylic acids is 3. The normalized spacial score (nSPS) is 10.6. The van der Waals surface area contributed by atoms with Crippen molar-refractivity contribution in [2.24, 2.45) is 0 Å². The van der Waals surface area contributed by atoms with Gasteiger partial charge in [-0.15, -0.1) is 0 Å². The molecule has 0 fully saturated rings. The number of hydrogen-bond acceptors (Lipinski definition) is 19. The first-order valence-electron chi connectivity index (χ1n) is 46.6. The van der Waals surface area contributed by atoms with Gasteiger partial charge in [0.2, 0.25) is 17.7 Å². The zero-order valence-electron chi connectivity index (χ0n) is 82.1. The van der Waals surface area contributed by atoms with Crippen LogP contribution in [-0.2, 0) is 67.7 Å². The van der Waals surface area contributed by atoms with Crippen LogP contribution < -0.4 is 49.1 Å². The number of benzene rings is 15. The summed E-state index contributed by atoms with van der Waals surface area (Å²) in [7, 11) is 5.96. The predicted octanol–water partition coefficient (Wildman–Crippen LogP) is 20.9. The van der Waals surface area contributed by atoms with Gasteiger partial charge < -0.3 is 79.1 Å². The molecular weight excluding hydrogens is 1880 g/mol. The third-order valence-corrected chi connectivity index (χ3v) is 23.4. The lowest BCUT2D eigenvalue weighted by molar-refractivity contribution is -0.138. The van der Waals surface area contributed by atoms with Gasteiger partial charge in [-0.25, -0.2) is 18.8 Å². The first-order valence-corrected chi connectivity index (χ1v) is 46.6. The SMILES string of the molecule is COc1cc(CC(=O)Nc2ccc(C(=O)N(CC(=O)O)Cc3ccc(OC(=O)c4ccc(-c5ccc(C)cc5)cc4)cc3)cc2)ccc1F.COc1ccc(CC(=O)Nc2ccc(C(=O)N(CC(=O)O)Cc3ccc(OC(=O)c4ccc(-c5ccc(C)cc5)cc4)cc3)cc2)cc1C.COc1cccc(CC(=O)Nc2ccc(C(=O)N(CC(=O)O)Cc3ccc(OC(=O)c4ccc(-c5ccc(C)cc5)cc4)cc3)cc2)c1OC. The number of carbonyl (C=O) groups excluding carboxylic acids is 9. The van der Waals surface area contributed by atoms with E-state index in [0.717, 1.165) is 55.8 Å². The van der Waals surface area contributed by atoms with E-state index < -0.39 is 79.0 Å². The summed E-state index contributed by atoms with van der Waals surface area (Å²) >= 11 is 0. The maximum atomic E-state index is 13.7. The van der Waals surface area contributed by atoms with Crippen LogP contribution in [0.15, 0.2) is 346 Å². The summed E-state index contributed by atoms with van der Waals surface area (Å²) in [4.78, 5) is 155. The van der Waals surface area contributed by atoms with Crippen molar-refractivity contribution in [2.75, 3.05) is 64.0 Å². The molecule has 0 atom stereocenters. The second-order valence-corrected chi connectivity index (χ2v) is 34.4. The topological polar surface area (TPSA) is 376 Å². The summed E-state index contributed by atoms with van der Waals surface area (Å²) in [5, 5.41) is 36.9. The van der Waals surface area contributed by atoms with Crippen LogP contribution >= 0.6 is 0 Å². The van der Waals surface area contributed by atoms with Gasteiger partial charge in [-0.3, -0.25) is 43.2 Å². The van der Waals surface area contributed by atoms with Gasteiger partial charge in [-0.05, 0) is 264 Å². The Morgan fingerprint density at radius 2 is 0.554 bits per heavy atom. The number of carbonyl (C=O) groups is 12. The third kappa shape index (κ3) is 30.6. The van der Waals surface area contributed by atoms with Gasteiger partial charge in [0, 0.05) is 59.0 Å². The molecule has 0 bridgehead atoms. The number of para-hydroxylation sites is 1. The largest absolute Gasteiger partial charge is 0.496 e. The zero-order chi connectivity index (χ0) is 105. The summed E-state index contributed by atoms with van der Waals surface area (Å²) < 4.78 is 51.2. The molecule has 29 heteroatoms. The van der Waals surface area contributed by atoms with Crippen molar-refractivity contribution in [3.8, 4) is 73.6 Å². The Balaban J connectivity index is 0.000000185. The number of anilines is 3. The van der Waals surface area contributed by atoms with Crippen molar-refractivity contribution in [1.29, 1.82) is 0 Å². The van der Waals surface area contributed by atoms with Crippen LogP contribution in [-0.4, -0.2) is 149 Å². The molecule has 750 valence electrons. The lowest BCUT2D eigenvalue weighted by Crippen LogP contribution is -2.35. The van der Waals surface area contributed by atoms with Gasteiger partial charge in [-0.1, -0.05) is 193 Å². The lowest BCUT2D eigenvalue weighted by atomic mass is 10.0. The van der Waals surface area contributed by atoms with Gasteiger partial charge in [-0.2, -0.15) is 0 Å². The van der Waals surface area contributed by atoms with E-state index in [-0.39, 0.29) is 79.1 Å². The molecule has 0 heterocycles. The summed E-state index contributed by atoms with van der Waals surface area (Å²) in [6.45, 7) is 6.38. The van der Waals surface area contributed by atoms with E-state index >= 15 is 0 Å². The average molecular weight is 1990 g/mol. The Bertz CT molecular complexity index is 7260. The van der Waals surface area contributed by atoms with Crippen LogP contribution in [0.4, 0.5) is 21.5 Å². The number of ether oxygens (including phenoxy) is 7. The number of methoxy groups -OCH3 is 4. The molecular formula is C119H105FN6O22. The minimum Gasteiger partial charge on any atom is -0.496 e. The van der Waals surface area contributed by atoms with Crippen LogP contribution in [0.5, 0.6) is 40.2 Å². The quantitative estimate of drug-likeness (QED) is 0.0156. The number of carboxylic acid groups (broad SMARTS) is 3. The second-order valence-electron chi connectivity index (χ2n) is 34.4. The molecule has 0 aliphatic heterocycles. The molecule has 0 saturated heterocycles. The molecule has 0 aliphatic rings. The van der Waals surface area contributed by atoms with Crippen LogP contribution in [0.2, 0.25) is 0 Å². The molecule has 0 spiro atoms. The highest BCUT2D eigenvalue weighted by molar-refractivity contribution is 6.01. The Kier molecular flexibility index (Phi) is 36.8. The van der Waals surface area contributed by atoms with Gasteiger partial charge >= 0.3 is 35.8 Å².